The maximum Gasteiger partial charge on any atom is 0.324 e. The van der Waals surface area contributed by atoms with Crippen LogP contribution in [0.25, 0.3) is 11.1 Å². The minimum absolute atomic E-state index is 0.0114. The smallest absolute Gasteiger partial charge is 0.324 e. The molecule has 5 rings (SSSR count). The summed E-state index contributed by atoms with van der Waals surface area (Å²) < 4.78 is 12.2. The molecule has 4 aromatic rings. The number of carbonyl (C=O) groups excluding carboxylic acids is 2. The van der Waals surface area contributed by atoms with Crippen molar-refractivity contribution >= 4 is 12.3 Å². The third-order valence-corrected chi connectivity index (χ3v) is 7.98. The van der Waals surface area contributed by atoms with Gasteiger partial charge in [-0.3, -0.25) is 10.1 Å². The zero-order valence-electron chi connectivity index (χ0n) is 25.1. The number of carbonyl (C=O) groups is 2. The SMILES string of the molecule is C=CCC(C=O)(COCc1ccccc1)C(NC1(c2ccccc2)c2ccccc2-c2ccccc21)C(=O)OC(C)(C)C. The van der Waals surface area contributed by atoms with Gasteiger partial charge in [-0.05, 0) is 60.6 Å². The van der Waals surface area contributed by atoms with Crippen molar-refractivity contribution in [1.82, 2.24) is 5.32 Å². The summed E-state index contributed by atoms with van der Waals surface area (Å²) in [7, 11) is 0. The van der Waals surface area contributed by atoms with Gasteiger partial charge in [0, 0.05) is 0 Å². The van der Waals surface area contributed by atoms with Crippen LogP contribution in [0.5, 0.6) is 0 Å². The molecule has 0 aliphatic heterocycles. The Bertz CT molecular complexity index is 1530. The van der Waals surface area contributed by atoms with Gasteiger partial charge in [0.15, 0.2) is 0 Å². The number of benzene rings is 4. The number of fused-ring (bicyclic) bond motifs is 3. The highest BCUT2D eigenvalue weighted by molar-refractivity contribution is 5.86. The van der Waals surface area contributed by atoms with Crippen LogP contribution < -0.4 is 5.32 Å². The molecule has 1 N–H and O–H groups in total. The lowest BCUT2D eigenvalue weighted by molar-refractivity contribution is -0.165. The van der Waals surface area contributed by atoms with Crippen LogP contribution in [0.1, 0.15) is 49.4 Å². The summed E-state index contributed by atoms with van der Waals surface area (Å²) in [6, 6.07) is 35.2. The van der Waals surface area contributed by atoms with E-state index in [0.29, 0.717) is 6.61 Å². The summed E-state index contributed by atoms with van der Waals surface area (Å²) in [6.45, 7) is 9.74. The minimum atomic E-state index is -1.31. The lowest BCUT2D eigenvalue weighted by Crippen LogP contribution is -2.61. The minimum Gasteiger partial charge on any atom is -0.459 e. The summed E-state index contributed by atoms with van der Waals surface area (Å²) in [4.78, 5) is 27.6. The lowest BCUT2D eigenvalue weighted by Gasteiger charge is -2.43. The molecule has 1 aliphatic carbocycles. The van der Waals surface area contributed by atoms with Crippen LogP contribution in [0.3, 0.4) is 0 Å². The Morgan fingerprint density at radius 2 is 1.37 bits per heavy atom. The van der Waals surface area contributed by atoms with E-state index in [1.54, 1.807) is 6.08 Å². The van der Waals surface area contributed by atoms with Gasteiger partial charge in [0.1, 0.15) is 17.9 Å². The predicted octanol–water partition coefficient (Wildman–Crippen LogP) is 7.24. The summed E-state index contributed by atoms with van der Waals surface area (Å²) in [5.41, 5.74) is 3.01. The predicted molar refractivity (Wildman–Crippen MR) is 170 cm³/mol. The standard InChI is InChI=1S/C38H39NO4/c1-5-24-37(26-40,27-42-25-28-16-8-6-9-17-28)34(35(41)43-36(2,3)4)39-38(29-18-10-7-11-19-29)32-22-14-12-20-30(32)31-21-13-15-23-33(31)38/h5-23,26,34,39H,1,24-25,27H2,2-4H3. The highest BCUT2D eigenvalue weighted by Gasteiger charge is 2.53. The Morgan fingerprint density at radius 1 is 0.837 bits per heavy atom. The zero-order chi connectivity index (χ0) is 30.5. The third kappa shape index (κ3) is 5.96. The quantitative estimate of drug-likeness (QED) is 0.110. The molecule has 0 spiro atoms. The van der Waals surface area contributed by atoms with Crippen molar-refractivity contribution in [3.05, 3.63) is 144 Å². The number of aldehydes is 1. The fourth-order valence-electron chi connectivity index (χ4n) is 6.10. The monoisotopic (exact) mass is 573 g/mol. The third-order valence-electron chi connectivity index (χ3n) is 7.98. The number of hydrogen-bond donors (Lipinski definition) is 1. The number of rotatable bonds is 12. The highest BCUT2D eigenvalue weighted by Crippen LogP contribution is 2.51. The maximum absolute atomic E-state index is 14.3. The van der Waals surface area contributed by atoms with E-state index >= 15 is 0 Å². The number of ether oxygens (including phenoxy) is 2. The molecule has 0 heterocycles. The molecule has 4 aromatic carbocycles. The van der Waals surface area contributed by atoms with Gasteiger partial charge in [0.2, 0.25) is 0 Å². The summed E-state index contributed by atoms with van der Waals surface area (Å²) in [6.07, 6.45) is 2.72. The Hall–Kier alpha value is -4.32. The lowest BCUT2D eigenvalue weighted by atomic mass is 9.74. The van der Waals surface area contributed by atoms with Gasteiger partial charge in [0.05, 0.1) is 24.2 Å². The molecule has 220 valence electrons. The molecule has 43 heavy (non-hydrogen) atoms. The second kappa shape index (κ2) is 12.5. The van der Waals surface area contributed by atoms with E-state index in [-0.39, 0.29) is 13.0 Å². The van der Waals surface area contributed by atoms with Gasteiger partial charge < -0.3 is 14.3 Å². The number of hydrogen-bond acceptors (Lipinski definition) is 5. The molecular formula is C38H39NO4. The fraction of sp³-hybridized carbons (Fsp3) is 0.263. The Balaban J connectivity index is 1.68. The van der Waals surface area contributed by atoms with Crippen molar-refractivity contribution in [3.63, 3.8) is 0 Å². The molecule has 2 unspecified atom stereocenters. The number of allylic oxidation sites excluding steroid dienone is 1. The molecule has 0 saturated carbocycles. The fourth-order valence-corrected chi connectivity index (χ4v) is 6.10. The van der Waals surface area contributed by atoms with Crippen molar-refractivity contribution in [3.8, 4) is 11.1 Å². The molecule has 0 bridgehead atoms. The molecule has 0 aromatic heterocycles. The normalized spacial score (nSPS) is 15.4. The van der Waals surface area contributed by atoms with Crippen LogP contribution in [0.2, 0.25) is 0 Å². The molecule has 5 heteroatoms. The summed E-state index contributed by atoms with van der Waals surface area (Å²) >= 11 is 0. The average molecular weight is 574 g/mol. The van der Waals surface area contributed by atoms with Crippen molar-refractivity contribution in [2.75, 3.05) is 6.61 Å². The molecule has 0 saturated heterocycles. The van der Waals surface area contributed by atoms with Gasteiger partial charge in [-0.25, -0.2) is 0 Å². The highest BCUT2D eigenvalue weighted by atomic mass is 16.6. The molecular weight excluding hydrogens is 534 g/mol. The van der Waals surface area contributed by atoms with E-state index in [1.807, 2.05) is 93.6 Å². The van der Waals surface area contributed by atoms with Gasteiger partial charge in [-0.15, -0.1) is 6.58 Å². The molecule has 0 radical (unpaired) electrons. The van der Waals surface area contributed by atoms with E-state index in [2.05, 4.69) is 48.3 Å². The van der Waals surface area contributed by atoms with Crippen molar-refractivity contribution < 1.29 is 19.1 Å². The van der Waals surface area contributed by atoms with E-state index in [1.165, 1.54) is 0 Å². The van der Waals surface area contributed by atoms with E-state index in [0.717, 1.165) is 39.7 Å². The molecule has 5 nitrogen and oxygen atoms in total. The molecule has 2 atom stereocenters. The van der Waals surface area contributed by atoms with E-state index in [4.69, 9.17) is 9.47 Å². The van der Waals surface area contributed by atoms with Crippen LogP contribution in [-0.4, -0.2) is 30.5 Å². The van der Waals surface area contributed by atoms with Gasteiger partial charge in [-0.2, -0.15) is 0 Å². The summed E-state index contributed by atoms with van der Waals surface area (Å²) in [5, 5.41) is 3.77. The molecule has 1 aliphatic rings. The first-order valence-electron chi connectivity index (χ1n) is 14.7. The van der Waals surface area contributed by atoms with Crippen LogP contribution in [0.4, 0.5) is 0 Å². The van der Waals surface area contributed by atoms with Crippen LogP contribution in [0.15, 0.2) is 122 Å². The first-order chi connectivity index (χ1) is 20.7. The number of esters is 1. The van der Waals surface area contributed by atoms with Gasteiger partial charge >= 0.3 is 5.97 Å². The van der Waals surface area contributed by atoms with Gasteiger partial charge in [-0.1, -0.05) is 115 Å². The zero-order valence-corrected chi connectivity index (χ0v) is 25.1. The second-order valence-corrected chi connectivity index (χ2v) is 12.1. The average Bonchev–Trinajstić information content (AvgIpc) is 3.30. The summed E-state index contributed by atoms with van der Waals surface area (Å²) in [5.74, 6) is -0.526. The Morgan fingerprint density at radius 3 is 1.91 bits per heavy atom. The second-order valence-electron chi connectivity index (χ2n) is 12.1. The molecule has 0 fully saturated rings. The van der Waals surface area contributed by atoms with E-state index in [9.17, 15) is 9.59 Å². The molecule has 0 amide bonds. The van der Waals surface area contributed by atoms with E-state index < -0.39 is 28.6 Å². The largest absolute Gasteiger partial charge is 0.459 e. The van der Waals surface area contributed by atoms with Crippen molar-refractivity contribution in [2.45, 2.75) is 51.0 Å². The Labute approximate surface area is 254 Å². The maximum atomic E-state index is 14.3. The first kappa shape index (κ1) is 30.1. The first-order valence-corrected chi connectivity index (χ1v) is 14.7. The van der Waals surface area contributed by atoms with Crippen LogP contribution in [-0.2, 0) is 31.2 Å². The van der Waals surface area contributed by atoms with Crippen LogP contribution >= 0.6 is 0 Å². The van der Waals surface area contributed by atoms with Gasteiger partial charge in [0.25, 0.3) is 0 Å². The van der Waals surface area contributed by atoms with Crippen LogP contribution in [0, 0.1) is 5.41 Å². The Kier molecular flexibility index (Phi) is 8.77. The number of nitrogens with one attached hydrogen (secondary N) is 1. The van der Waals surface area contributed by atoms with Crippen molar-refractivity contribution in [1.29, 1.82) is 0 Å². The van der Waals surface area contributed by atoms with Crippen molar-refractivity contribution in [2.24, 2.45) is 5.41 Å². The topological polar surface area (TPSA) is 64.6 Å².